The summed E-state index contributed by atoms with van der Waals surface area (Å²) in [6, 6.07) is 0.376. The minimum absolute atomic E-state index is 0.140. The van der Waals surface area contributed by atoms with E-state index >= 15 is 0 Å². The van der Waals surface area contributed by atoms with E-state index in [1.807, 2.05) is 0 Å². The van der Waals surface area contributed by atoms with Gasteiger partial charge in [0, 0.05) is 25.9 Å². The zero-order valence-corrected chi connectivity index (χ0v) is 13.7. The van der Waals surface area contributed by atoms with Crippen LogP contribution in [0.1, 0.15) is 33.6 Å². The summed E-state index contributed by atoms with van der Waals surface area (Å²) in [5, 5.41) is 0. The second-order valence-electron chi connectivity index (χ2n) is 4.19. The maximum Gasteiger partial charge on any atom is 0.501 e. The highest BCUT2D eigenvalue weighted by molar-refractivity contribution is 6.60. The average Bonchev–Trinajstić information content (AvgIpc) is 2.33. The van der Waals surface area contributed by atoms with E-state index in [4.69, 9.17) is 13.3 Å². The van der Waals surface area contributed by atoms with Gasteiger partial charge in [-0.3, -0.25) is 0 Å². The lowest BCUT2D eigenvalue weighted by Crippen LogP contribution is -2.46. The third-order valence-corrected chi connectivity index (χ3v) is 5.56. The zero-order valence-electron chi connectivity index (χ0n) is 12.7. The van der Waals surface area contributed by atoms with Crippen LogP contribution in [0.2, 0.25) is 6.04 Å². The van der Waals surface area contributed by atoms with E-state index in [9.17, 15) is 17.6 Å². The summed E-state index contributed by atoms with van der Waals surface area (Å²) in [5.74, 6) is 0. The first-order valence-corrected chi connectivity index (χ1v) is 8.96. The molecule has 0 aromatic heterocycles. The van der Waals surface area contributed by atoms with Gasteiger partial charge in [0.25, 0.3) is 0 Å². The lowest BCUT2D eigenvalue weighted by Gasteiger charge is -2.28. The summed E-state index contributed by atoms with van der Waals surface area (Å²) in [5.41, 5.74) is 0. The first-order chi connectivity index (χ1) is 9.78. The Morgan fingerprint density at radius 3 is 1.81 bits per heavy atom. The molecule has 0 saturated carbocycles. The molecule has 21 heavy (non-hydrogen) atoms. The molecule has 0 aliphatic carbocycles. The molecule has 0 spiro atoms. The fourth-order valence-electron chi connectivity index (χ4n) is 1.74. The molecule has 0 aromatic rings. The highest BCUT2D eigenvalue weighted by atomic mass is 28.4. The van der Waals surface area contributed by atoms with Crippen LogP contribution in [-0.4, -0.2) is 47.8 Å². The molecule has 0 radical (unpaired) electrons. The summed E-state index contributed by atoms with van der Waals surface area (Å²) in [6.45, 7) is 6.50. The molecule has 0 fully saturated rings. The Morgan fingerprint density at radius 1 is 0.952 bits per heavy atom. The molecule has 0 bridgehead atoms. The van der Waals surface area contributed by atoms with Gasteiger partial charge in [0.2, 0.25) is 6.36 Å². The summed E-state index contributed by atoms with van der Waals surface area (Å²) in [6.07, 6.45) is -8.20. The fraction of sp³-hybridized carbons (Fsp3) is 1.00. The molecule has 1 unspecified atom stereocenters. The largest absolute Gasteiger partial charge is 0.501 e. The lowest BCUT2D eigenvalue weighted by molar-refractivity contribution is -0.183. The van der Waals surface area contributed by atoms with E-state index in [2.05, 4.69) is 4.74 Å². The fourth-order valence-corrected chi connectivity index (χ4v) is 4.32. The quantitative estimate of drug-likeness (QED) is 0.309. The van der Waals surface area contributed by atoms with E-state index in [-0.39, 0.29) is 6.61 Å². The smallest absolute Gasteiger partial charge is 0.374 e. The highest BCUT2D eigenvalue weighted by Crippen LogP contribution is 2.24. The Labute approximate surface area is 124 Å². The summed E-state index contributed by atoms with van der Waals surface area (Å²) < 4.78 is 69.9. The van der Waals surface area contributed by atoms with Crippen LogP contribution in [0.4, 0.5) is 17.6 Å². The highest BCUT2D eigenvalue weighted by Gasteiger charge is 2.40. The van der Waals surface area contributed by atoms with Gasteiger partial charge in [-0.15, -0.1) is 0 Å². The van der Waals surface area contributed by atoms with Crippen molar-refractivity contribution in [1.82, 2.24) is 0 Å². The Morgan fingerprint density at radius 2 is 1.43 bits per heavy atom. The maximum absolute atomic E-state index is 12.9. The molecule has 9 heteroatoms. The molecule has 0 heterocycles. The molecule has 0 amide bonds. The van der Waals surface area contributed by atoms with E-state index < -0.39 is 27.8 Å². The van der Waals surface area contributed by atoms with Crippen LogP contribution in [0.5, 0.6) is 0 Å². The standard InChI is InChI=1S/C12H24F4O4Si/c1-4-18-21(19-5-2,20-6-3)9-7-8-17-11(13)10-12(14,15)16/h11H,4-10H2,1-3H3. The molecule has 0 N–H and O–H groups in total. The number of rotatable bonds is 12. The normalized spacial score (nSPS) is 14.4. The van der Waals surface area contributed by atoms with Gasteiger partial charge in [0.15, 0.2) is 0 Å². The van der Waals surface area contributed by atoms with Crippen LogP contribution in [-0.2, 0) is 18.0 Å². The lowest BCUT2D eigenvalue weighted by atomic mass is 10.4. The molecular formula is C12H24F4O4Si. The Bertz CT molecular complexity index is 249. The van der Waals surface area contributed by atoms with E-state index in [0.717, 1.165) is 0 Å². The van der Waals surface area contributed by atoms with Gasteiger partial charge in [-0.1, -0.05) is 0 Å². The number of hydrogen-bond donors (Lipinski definition) is 0. The molecule has 0 aliphatic rings. The first kappa shape index (κ1) is 20.8. The number of hydrogen-bond acceptors (Lipinski definition) is 4. The topological polar surface area (TPSA) is 36.9 Å². The molecule has 0 saturated heterocycles. The van der Waals surface area contributed by atoms with Crippen molar-refractivity contribution in [2.75, 3.05) is 26.4 Å². The van der Waals surface area contributed by atoms with Gasteiger partial charge in [-0.2, -0.15) is 13.2 Å². The van der Waals surface area contributed by atoms with Gasteiger partial charge < -0.3 is 18.0 Å². The van der Waals surface area contributed by atoms with Crippen molar-refractivity contribution in [2.24, 2.45) is 0 Å². The van der Waals surface area contributed by atoms with Crippen molar-refractivity contribution in [3.8, 4) is 0 Å². The first-order valence-electron chi connectivity index (χ1n) is 7.02. The number of alkyl halides is 4. The predicted octanol–water partition coefficient (Wildman–Crippen LogP) is 3.69. The zero-order chi connectivity index (χ0) is 16.4. The number of halogens is 4. The summed E-state index contributed by atoms with van der Waals surface area (Å²) in [7, 11) is -2.84. The van der Waals surface area contributed by atoms with Crippen molar-refractivity contribution in [1.29, 1.82) is 0 Å². The molecular weight excluding hydrogens is 312 g/mol. The Hall–Kier alpha value is -0.223. The average molecular weight is 336 g/mol. The van der Waals surface area contributed by atoms with Crippen LogP contribution in [0.25, 0.3) is 0 Å². The molecule has 1 atom stereocenters. The van der Waals surface area contributed by atoms with Gasteiger partial charge in [0.05, 0.1) is 13.0 Å². The molecule has 0 aliphatic heterocycles. The molecule has 128 valence electrons. The van der Waals surface area contributed by atoms with Crippen molar-refractivity contribution in [3.05, 3.63) is 0 Å². The second-order valence-corrected chi connectivity index (χ2v) is 6.92. The van der Waals surface area contributed by atoms with Crippen LogP contribution in [0.15, 0.2) is 0 Å². The SMILES string of the molecule is CCO[Si](CCCOC(F)CC(F)(F)F)(OCC)OCC. The van der Waals surface area contributed by atoms with Crippen LogP contribution in [0, 0.1) is 0 Å². The third kappa shape index (κ3) is 10.2. The molecule has 0 rings (SSSR count). The van der Waals surface area contributed by atoms with E-state index in [1.165, 1.54) is 0 Å². The van der Waals surface area contributed by atoms with E-state index in [0.29, 0.717) is 32.3 Å². The van der Waals surface area contributed by atoms with Crippen molar-refractivity contribution >= 4 is 8.80 Å². The minimum Gasteiger partial charge on any atom is -0.374 e. The van der Waals surface area contributed by atoms with Gasteiger partial charge in [-0.25, -0.2) is 4.39 Å². The van der Waals surface area contributed by atoms with E-state index in [1.54, 1.807) is 20.8 Å². The second kappa shape index (κ2) is 10.5. The molecule has 0 aromatic carbocycles. The Kier molecular flexibility index (Phi) is 10.4. The predicted molar refractivity (Wildman–Crippen MR) is 71.6 cm³/mol. The van der Waals surface area contributed by atoms with Crippen LogP contribution >= 0.6 is 0 Å². The summed E-state index contributed by atoms with van der Waals surface area (Å²) in [4.78, 5) is 0. The van der Waals surface area contributed by atoms with Gasteiger partial charge >= 0.3 is 15.0 Å². The Balaban J connectivity index is 4.18. The van der Waals surface area contributed by atoms with Crippen molar-refractivity contribution in [2.45, 2.75) is 52.2 Å². The minimum atomic E-state index is -4.57. The van der Waals surface area contributed by atoms with Gasteiger partial charge in [0.1, 0.15) is 0 Å². The third-order valence-electron chi connectivity index (χ3n) is 2.41. The van der Waals surface area contributed by atoms with Gasteiger partial charge in [-0.05, 0) is 27.2 Å². The monoisotopic (exact) mass is 336 g/mol. The van der Waals surface area contributed by atoms with Crippen LogP contribution < -0.4 is 0 Å². The van der Waals surface area contributed by atoms with Crippen molar-refractivity contribution in [3.63, 3.8) is 0 Å². The van der Waals surface area contributed by atoms with Crippen molar-refractivity contribution < 1.29 is 35.6 Å². The molecule has 4 nitrogen and oxygen atoms in total. The summed E-state index contributed by atoms with van der Waals surface area (Å²) >= 11 is 0. The van der Waals surface area contributed by atoms with Crippen LogP contribution in [0.3, 0.4) is 0 Å². The maximum atomic E-state index is 12.9. The number of ether oxygens (including phenoxy) is 1.